The molecule has 0 aliphatic rings. The van der Waals surface area contributed by atoms with Gasteiger partial charge in [0.05, 0.1) is 10.7 Å². The largest absolute Gasteiger partial charge is 0.287 e. The molecule has 0 fully saturated rings. The van der Waals surface area contributed by atoms with Crippen LogP contribution in [-0.2, 0) is 7.05 Å². The van der Waals surface area contributed by atoms with Crippen LogP contribution in [0.4, 0.5) is 0 Å². The number of carbonyl (C=O) groups excluding carboxylic acids is 1. The summed E-state index contributed by atoms with van der Waals surface area (Å²) in [5.41, 5.74) is 2.03. The van der Waals surface area contributed by atoms with Gasteiger partial charge in [0.2, 0.25) is 5.78 Å². The molecule has 1 aromatic heterocycles. The zero-order valence-electron chi connectivity index (χ0n) is 9.37. The predicted molar refractivity (Wildman–Crippen MR) is 70.5 cm³/mol. The van der Waals surface area contributed by atoms with E-state index in [1.54, 1.807) is 36.1 Å². The van der Waals surface area contributed by atoms with Crippen LogP contribution in [0.5, 0.6) is 0 Å². The van der Waals surface area contributed by atoms with E-state index < -0.39 is 0 Å². The van der Waals surface area contributed by atoms with Gasteiger partial charge < -0.3 is 0 Å². The highest BCUT2D eigenvalue weighted by Gasteiger charge is 2.18. The van der Waals surface area contributed by atoms with Crippen molar-refractivity contribution in [1.82, 2.24) is 9.78 Å². The van der Waals surface area contributed by atoms with Gasteiger partial charge in [0, 0.05) is 17.6 Å². The van der Waals surface area contributed by atoms with Crippen molar-refractivity contribution in [2.24, 2.45) is 7.05 Å². The summed E-state index contributed by atoms with van der Waals surface area (Å²) in [5, 5.41) is 4.66. The van der Waals surface area contributed by atoms with Crippen LogP contribution < -0.4 is 0 Å². The summed E-state index contributed by atoms with van der Waals surface area (Å²) in [5.74, 6) is -0.0639. The normalized spacial score (nSPS) is 10.6. The van der Waals surface area contributed by atoms with Gasteiger partial charge in [-0.3, -0.25) is 9.48 Å². The highest BCUT2D eigenvalue weighted by Crippen LogP contribution is 2.22. The first-order valence-corrected chi connectivity index (χ1v) is 6.16. The Bertz CT molecular complexity index is 573. The smallest absolute Gasteiger partial charge is 0.212 e. The molecular formula is C12H10BrClN2O. The van der Waals surface area contributed by atoms with E-state index in [1.165, 1.54) is 0 Å². The summed E-state index contributed by atoms with van der Waals surface area (Å²) in [6.45, 7) is 1.86. The molecule has 0 bridgehead atoms. The number of hydrogen-bond donors (Lipinski definition) is 0. The van der Waals surface area contributed by atoms with Crippen LogP contribution in [0, 0.1) is 6.92 Å². The average molecular weight is 314 g/mol. The maximum atomic E-state index is 12.3. The first kappa shape index (κ1) is 12.3. The Balaban J connectivity index is 2.51. The third-order valence-corrected chi connectivity index (χ3v) is 3.36. The fourth-order valence-corrected chi connectivity index (χ4v) is 2.43. The molecule has 0 aliphatic heterocycles. The summed E-state index contributed by atoms with van der Waals surface area (Å²) < 4.78 is 2.25. The second-order valence-corrected chi connectivity index (χ2v) is 5.04. The predicted octanol–water partition coefficient (Wildman–Crippen LogP) is 3.38. The maximum absolute atomic E-state index is 12.3. The molecule has 0 saturated heterocycles. The Morgan fingerprint density at radius 2 is 2.18 bits per heavy atom. The summed E-state index contributed by atoms with van der Waals surface area (Å²) in [4.78, 5) is 12.3. The first-order valence-electron chi connectivity index (χ1n) is 4.99. The van der Waals surface area contributed by atoms with Gasteiger partial charge in [-0.1, -0.05) is 11.6 Å². The van der Waals surface area contributed by atoms with Gasteiger partial charge in [0.1, 0.15) is 5.69 Å². The van der Waals surface area contributed by atoms with Gasteiger partial charge in [-0.15, -0.1) is 0 Å². The minimum absolute atomic E-state index is 0.0639. The molecule has 2 aromatic rings. The Kier molecular flexibility index (Phi) is 3.35. The van der Waals surface area contributed by atoms with Crippen LogP contribution in [0.25, 0.3) is 0 Å². The maximum Gasteiger partial charge on any atom is 0.212 e. The number of nitrogens with zero attached hydrogens (tertiary/aromatic N) is 2. The minimum atomic E-state index is -0.0639. The molecule has 0 radical (unpaired) electrons. The summed E-state index contributed by atoms with van der Waals surface area (Å²) in [6.07, 6.45) is 1.61. The van der Waals surface area contributed by atoms with E-state index in [0.29, 0.717) is 20.8 Å². The average Bonchev–Trinajstić information content (AvgIpc) is 2.58. The van der Waals surface area contributed by atoms with E-state index in [9.17, 15) is 4.79 Å². The van der Waals surface area contributed by atoms with E-state index in [2.05, 4.69) is 21.0 Å². The number of hydrogen-bond acceptors (Lipinski definition) is 2. The molecular weight excluding hydrogens is 304 g/mol. The molecule has 3 nitrogen and oxygen atoms in total. The lowest BCUT2D eigenvalue weighted by molar-refractivity contribution is 0.102. The van der Waals surface area contributed by atoms with Crippen LogP contribution in [0.3, 0.4) is 0 Å². The molecule has 0 unspecified atom stereocenters. The van der Waals surface area contributed by atoms with Crippen molar-refractivity contribution in [2.45, 2.75) is 6.92 Å². The van der Waals surface area contributed by atoms with Crippen molar-refractivity contribution in [2.75, 3.05) is 0 Å². The number of aryl methyl sites for hydroxylation is 2. The number of aromatic nitrogens is 2. The molecule has 88 valence electrons. The molecule has 0 atom stereocenters. The number of carbonyl (C=O) groups is 1. The van der Waals surface area contributed by atoms with Gasteiger partial charge in [-0.05, 0) is 46.6 Å². The van der Waals surface area contributed by atoms with Crippen LogP contribution in [0.1, 0.15) is 21.6 Å². The molecule has 0 amide bonds. The lowest BCUT2D eigenvalue weighted by atomic mass is 10.0. The zero-order chi connectivity index (χ0) is 12.6. The van der Waals surface area contributed by atoms with E-state index >= 15 is 0 Å². The minimum Gasteiger partial charge on any atom is -0.287 e. The van der Waals surface area contributed by atoms with Gasteiger partial charge in [0.25, 0.3) is 0 Å². The number of halogens is 2. The highest BCUT2D eigenvalue weighted by atomic mass is 79.9. The quantitative estimate of drug-likeness (QED) is 0.797. The summed E-state index contributed by atoms with van der Waals surface area (Å²) in [6, 6.07) is 5.23. The number of ketones is 1. The molecule has 0 saturated carbocycles. The lowest BCUT2D eigenvalue weighted by Crippen LogP contribution is -2.10. The Morgan fingerprint density at radius 3 is 2.71 bits per heavy atom. The van der Waals surface area contributed by atoms with Crippen LogP contribution in [-0.4, -0.2) is 15.6 Å². The second kappa shape index (κ2) is 4.63. The van der Waals surface area contributed by atoms with E-state index in [-0.39, 0.29) is 5.78 Å². The van der Waals surface area contributed by atoms with E-state index in [4.69, 9.17) is 11.6 Å². The molecule has 17 heavy (non-hydrogen) atoms. The standard InChI is InChI=1S/C12H10BrClN2O/c1-7-5-8(14)3-4-9(7)12(17)11-10(13)6-15-16(11)2/h3-6H,1-2H3. The number of benzene rings is 1. The van der Waals surface area contributed by atoms with Crippen molar-refractivity contribution in [3.05, 3.63) is 50.7 Å². The van der Waals surface area contributed by atoms with Crippen molar-refractivity contribution >= 4 is 33.3 Å². The molecule has 0 spiro atoms. The molecule has 0 N–H and O–H groups in total. The first-order chi connectivity index (χ1) is 8.00. The topological polar surface area (TPSA) is 34.9 Å². The third-order valence-electron chi connectivity index (χ3n) is 2.54. The zero-order valence-corrected chi connectivity index (χ0v) is 11.7. The van der Waals surface area contributed by atoms with Crippen molar-refractivity contribution in [3.63, 3.8) is 0 Å². The van der Waals surface area contributed by atoms with Gasteiger partial charge in [-0.2, -0.15) is 5.10 Å². The molecule has 1 heterocycles. The fourth-order valence-electron chi connectivity index (χ4n) is 1.68. The molecule has 5 heteroatoms. The van der Waals surface area contributed by atoms with Crippen LogP contribution in [0.15, 0.2) is 28.9 Å². The Hall–Kier alpha value is -1.13. The van der Waals surface area contributed by atoms with Crippen LogP contribution in [0.2, 0.25) is 5.02 Å². The third kappa shape index (κ3) is 2.28. The van der Waals surface area contributed by atoms with Crippen molar-refractivity contribution in [3.8, 4) is 0 Å². The summed E-state index contributed by atoms with van der Waals surface area (Å²) >= 11 is 9.19. The van der Waals surface area contributed by atoms with Gasteiger partial charge in [-0.25, -0.2) is 0 Å². The fraction of sp³-hybridized carbons (Fsp3) is 0.167. The number of rotatable bonds is 2. The lowest BCUT2D eigenvalue weighted by Gasteiger charge is -2.06. The molecule has 2 rings (SSSR count). The van der Waals surface area contributed by atoms with Crippen LogP contribution >= 0.6 is 27.5 Å². The second-order valence-electron chi connectivity index (χ2n) is 3.75. The monoisotopic (exact) mass is 312 g/mol. The van der Waals surface area contributed by atoms with Crippen molar-refractivity contribution < 1.29 is 4.79 Å². The van der Waals surface area contributed by atoms with E-state index in [1.807, 2.05) is 6.92 Å². The van der Waals surface area contributed by atoms with Gasteiger partial charge in [0.15, 0.2) is 0 Å². The highest BCUT2D eigenvalue weighted by molar-refractivity contribution is 9.10. The molecule has 0 aliphatic carbocycles. The Labute approximate surface area is 113 Å². The SMILES string of the molecule is Cc1cc(Cl)ccc1C(=O)c1c(Br)cnn1C. The summed E-state index contributed by atoms with van der Waals surface area (Å²) in [7, 11) is 1.74. The van der Waals surface area contributed by atoms with Gasteiger partial charge >= 0.3 is 0 Å². The molecule has 1 aromatic carbocycles. The Morgan fingerprint density at radius 1 is 1.47 bits per heavy atom. The van der Waals surface area contributed by atoms with Crippen molar-refractivity contribution in [1.29, 1.82) is 0 Å². The van der Waals surface area contributed by atoms with E-state index in [0.717, 1.165) is 5.56 Å².